The number of amides is 1. The summed E-state index contributed by atoms with van der Waals surface area (Å²) in [7, 11) is 1.37. The fraction of sp³-hybridized carbons (Fsp3) is 0.381. The van der Waals surface area contributed by atoms with E-state index in [0.29, 0.717) is 19.5 Å². The third-order valence-electron chi connectivity index (χ3n) is 5.44. The normalized spacial score (nSPS) is 22.0. The van der Waals surface area contributed by atoms with Crippen molar-refractivity contribution in [3.63, 3.8) is 0 Å². The molecular formula is C21H20F4N2O3. The zero-order valence-electron chi connectivity index (χ0n) is 16.1. The largest absolute Gasteiger partial charge is 0.495 e. The first-order valence-electron chi connectivity index (χ1n) is 9.49. The predicted octanol–water partition coefficient (Wildman–Crippen LogP) is 3.61. The lowest BCUT2D eigenvalue weighted by molar-refractivity contribution is -0.137. The molecule has 2 unspecified atom stereocenters. The van der Waals surface area contributed by atoms with Crippen LogP contribution >= 0.6 is 0 Å². The summed E-state index contributed by atoms with van der Waals surface area (Å²) in [5, 5.41) is 3.20. The van der Waals surface area contributed by atoms with Gasteiger partial charge in [-0.2, -0.15) is 13.2 Å². The maximum Gasteiger partial charge on any atom is 0.416 e. The number of nitrogens with zero attached hydrogens (tertiary/aromatic N) is 1. The molecule has 2 heterocycles. The average Bonchev–Trinajstić information content (AvgIpc) is 2.73. The van der Waals surface area contributed by atoms with Gasteiger partial charge >= 0.3 is 6.18 Å². The second-order valence-corrected chi connectivity index (χ2v) is 7.26. The predicted molar refractivity (Wildman–Crippen MR) is 102 cm³/mol. The number of halogens is 4. The third kappa shape index (κ3) is 3.75. The molecule has 9 heteroatoms. The van der Waals surface area contributed by atoms with Crippen LogP contribution in [0.4, 0.5) is 23.2 Å². The number of hydrogen-bond donors (Lipinski definition) is 1. The van der Waals surface area contributed by atoms with E-state index in [0.717, 1.165) is 18.2 Å². The quantitative estimate of drug-likeness (QED) is 0.765. The molecule has 2 aliphatic heterocycles. The van der Waals surface area contributed by atoms with Crippen LogP contribution in [0.5, 0.6) is 5.75 Å². The molecule has 1 N–H and O–H groups in total. The Bertz CT molecular complexity index is 964. The van der Waals surface area contributed by atoms with Gasteiger partial charge < -0.3 is 19.7 Å². The van der Waals surface area contributed by atoms with Crippen molar-refractivity contribution < 1.29 is 31.8 Å². The molecule has 2 aromatic rings. The van der Waals surface area contributed by atoms with E-state index in [1.165, 1.54) is 30.2 Å². The molecule has 2 atom stereocenters. The minimum atomic E-state index is -4.54. The summed E-state index contributed by atoms with van der Waals surface area (Å²) < 4.78 is 65.2. The minimum Gasteiger partial charge on any atom is -0.495 e. The van der Waals surface area contributed by atoms with Gasteiger partial charge in [-0.1, -0.05) is 12.1 Å². The zero-order valence-corrected chi connectivity index (χ0v) is 16.1. The summed E-state index contributed by atoms with van der Waals surface area (Å²) in [5.41, 5.74) is -0.594. The van der Waals surface area contributed by atoms with Crippen molar-refractivity contribution in [2.75, 3.05) is 31.7 Å². The van der Waals surface area contributed by atoms with Crippen LogP contribution in [0, 0.1) is 5.82 Å². The molecule has 2 saturated heterocycles. The van der Waals surface area contributed by atoms with Gasteiger partial charge in [-0.25, -0.2) is 4.39 Å². The highest BCUT2D eigenvalue weighted by Crippen LogP contribution is 2.40. The van der Waals surface area contributed by atoms with Crippen molar-refractivity contribution >= 4 is 11.6 Å². The number of rotatable bonds is 3. The molecule has 2 aliphatic rings. The van der Waals surface area contributed by atoms with Crippen LogP contribution in [0.2, 0.25) is 0 Å². The molecule has 0 saturated carbocycles. The summed E-state index contributed by atoms with van der Waals surface area (Å²) in [4.78, 5) is 14.1. The van der Waals surface area contributed by atoms with Gasteiger partial charge in [0.2, 0.25) is 0 Å². The van der Waals surface area contributed by atoms with Crippen LogP contribution in [-0.2, 0) is 15.7 Å². The second kappa shape index (κ2) is 7.88. The summed E-state index contributed by atoms with van der Waals surface area (Å²) in [6.07, 6.45) is -4.15. The fourth-order valence-corrected chi connectivity index (χ4v) is 4.01. The Balaban J connectivity index is 1.77. The van der Waals surface area contributed by atoms with Crippen molar-refractivity contribution in [3.05, 3.63) is 47.8 Å². The van der Waals surface area contributed by atoms with Crippen LogP contribution < -0.4 is 15.0 Å². The molecule has 0 aromatic heterocycles. The second-order valence-electron chi connectivity index (χ2n) is 7.26. The van der Waals surface area contributed by atoms with Crippen LogP contribution in [-0.4, -0.2) is 44.9 Å². The Labute approximate surface area is 170 Å². The molecular weight excluding hydrogens is 404 g/mol. The molecule has 0 radical (unpaired) electrons. The van der Waals surface area contributed by atoms with E-state index in [9.17, 15) is 18.0 Å². The summed E-state index contributed by atoms with van der Waals surface area (Å²) >= 11 is 0. The van der Waals surface area contributed by atoms with Crippen LogP contribution in [0.15, 0.2) is 36.4 Å². The number of hydrogen-bond acceptors (Lipinski definition) is 4. The molecule has 5 nitrogen and oxygen atoms in total. The highest BCUT2D eigenvalue weighted by atomic mass is 19.4. The van der Waals surface area contributed by atoms with Gasteiger partial charge in [0.15, 0.2) is 0 Å². The maximum absolute atomic E-state index is 15.1. The Morgan fingerprint density at radius 1 is 1.23 bits per heavy atom. The number of anilines is 1. The van der Waals surface area contributed by atoms with Gasteiger partial charge in [0.25, 0.3) is 5.91 Å². The Morgan fingerprint density at radius 2 is 2.03 bits per heavy atom. The van der Waals surface area contributed by atoms with Crippen LogP contribution in [0.1, 0.15) is 12.0 Å². The highest BCUT2D eigenvalue weighted by molar-refractivity contribution is 5.97. The summed E-state index contributed by atoms with van der Waals surface area (Å²) in [5.74, 6) is -0.853. The zero-order chi connectivity index (χ0) is 21.5. The molecule has 30 heavy (non-hydrogen) atoms. The number of nitrogens with one attached hydrogen (secondary N) is 1. The smallest absolute Gasteiger partial charge is 0.416 e. The minimum absolute atomic E-state index is 0.0377. The van der Waals surface area contributed by atoms with Crippen LogP contribution in [0.25, 0.3) is 11.1 Å². The molecule has 0 spiro atoms. The van der Waals surface area contributed by atoms with Crippen molar-refractivity contribution in [3.8, 4) is 16.9 Å². The van der Waals surface area contributed by atoms with Gasteiger partial charge in [-0.15, -0.1) is 0 Å². The van der Waals surface area contributed by atoms with Gasteiger partial charge in [-0.05, 0) is 36.7 Å². The van der Waals surface area contributed by atoms with E-state index in [1.54, 1.807) is 0 Å². The number of benzene rings is 2. The number of piperidine rings is 1. The van der Waals surface area contributed by atoms with E-state index in [1.807, 2.05) is 0 Å². The Hall–Kier alpha value is -2.65. The van der Waals surface area contributed by atoms with Crippen molar-refractivity contribution in [2.45, 2.75) is 24.7 Å². The lowest BCUT2D eigenvalue weighted by Crippen LogP contribution is -2.61. The van der Waals surface area contributed by atoms with Crippen molar-refractivity contribution in [2.24, 2.45) is 0 Å². The van der Waals surface area contributed by atoms with E-state index in [2.05, 4.69) is 5.32 Å². The lowest BCUT2D eigenvalue weighted by Gasteiger charge is -2.44. The average molecular weight is 424 g/mol. The lowest BCUT2D eigenvalue weighted by atomic mass is 9.97. The van der Waals surface area contributed by atoms with E-state index < -0.39 is 17.6 Å². The number of morpholine rings is 1. The van der Waals surface area contributed by atoms with E-state index >= 15 is 4.39 Å². The molecule has 1 amide bonds. The molecule has 2 aromatic carbocycles. The van der Waals surface area contributed by atoms with Crippen LogP contribution in [0.3, 0.4) is 0 Å². The number of carbonyl (C=O) groups excluding carboxylic acids is 1. The monoisotopic (exact) mass is 424 g/mol. The van der Waals surface area contributed by atoms with Gasteiger partial charge in [-0.3, -0.25) is 4.79 Å². The molecule has 160 valence electrons. The SMILES string of the molecule is COc1cc(-c2cccc(C(F)(F)F)c2)c(F)cc1N1C(=O)COC2CNCCC21. The van der Waals surface area contributed by atoms with E-state index in [4.69, 9.17) is 9.47 Å². The number of alkyl halides is 3. The Kier molecular flexibility index (Phi) is 5.42. The first-order chi connectivity index (χ1) is 14.3. The Morgan fingerprint density at radius 3 is 2.77 bits per heavy atom. The number of fused-ring (bicyclic) bond motifs is 1. The number of carbonyl (C=O) groups is 1. The van der Waals surface area contributed by atoms with Crippen molar-refractivity contribution in [1.29, 1.82) is 0 Å². The topological polar surface area (TPSA) is 50.8 Å². The molecule has 4 rings (SSSR count). The fourth-order valence-electron chi connectivity index (χ4n) is 4.01. The highest BCUT2D eigenvalue weighted by Gasteiger charge is 2.40. The number of methoxy groups -OCH3 is 1. The standard InChI is InChI=1S/C21H20F4N2O3/c1-29-18-8-14(12-3-2-4-13(7-12)21(23,24)25)15(22)9-17(18)27-16-5-6-26-10-19(16)30-11-20(27)28/h2-4,7-9,16,19,26H,5-6,10-11H2,1H3. The van der Waals surface area contributed by atoms with E-state index in [-0.39, 0.29) is 47.2 Å². The summed E-state index contributed by atoms with van der Waals surface area (Å²) in [6.45, 7) is 1.12. The molecule has 0 bridgehead atoms. The van der Waals surface area contributed by atoms with Crippen molar-refractivity contribution in [1.82, 2.24) is 5.32 Å². The summed E-state index contributed by atoms with van der Waals surface area (Å²) in [6, 6.07) is 6.64. The van der Waals surface area contributed by atoms with Gasteiger partial charge in [0.05, 0.1) is 30.5 Å². The maximum atomic E-state index is 15.1. The van der Waals surface area contributed by atoms with Gasteiger partial charge in [0.1, 0.15) is 18.2 Å². The number of ether oxygens (including phenoxy) is 2. The third-order valence-corrected chi connectivity index (χ3v) is 5.44. The molecule has 2 fully saturated rings. The first-order valence-corrected chi connectivity index (χ1v) is 9.49. The van der Waals surface area contributed by atoms with Gasteiger partial charge in [0, 0.05) is 18.2 Å². The first kappa shape index (κ1) is 20.6. The molecule has 0 aliphatic carbocycles.